The number of imidazole rings is 1. The number of methoxy groups -OCH3 is 1. The van der Waals surface area contributed by atoms with Crippen molar-refractivity contribution >= 4 is 17.1 Å². The summed E-state index contributed by atoms with van der Waals surface area (Å²) in [6, 6.07) is 15.0. The van der Waals surface area contributed by atoms with E-state index in [0.717, 1.165) is 16.9 Å². The Morgan fingerprint density at radius 2 is 2.02 bits per heavy atom. The number of carbonyl (C=O) groups excluding carboxylic acids is 1. The maximum absolute atomic E-state index is 15.4. The normalized spacial score (nSPS) is 13.2. The standard InChI is InChI=1S/C29H25FN8O2/c1-40-26-9-8-22(24-12-21-4-2-3-11-38(21)34-24)23(28(26)30)13-31-29(39)25-17-37(35-33-25)16-20-15-36-14-19(18-5-6-18)7-10-27(36)32-20/h2-4,7-12,14-15,17-18H,5-6,13,16H2,1H3,(H,31,39). The van der Waals surface area contributed by atoms with E-state index in [2.05, 4.69) is 38.0 Å². The van der Waals surface area contributed by atoms with E-state index < -0.39 is 11.7 Å². The number of hydrogen-bond donors (Lipinski definition) is 1. The summed E-state index contributed by atoms with van der Waals surface area (Å²) >= 11 is 0. The van der Waals surface area contributed by atoms with Gasteiger partial charge in [0.15, 0.2) is 17.3 Å². The highest BCUT2D eigenvalue weighted by Crippen LogP contribution is 2.40. The van der Waals surface area contributed by atoms with E-state index in [4.69, 9.17) is 4.74 Å². The molecule has 0 saturated heterocycles. The Labute approximate surface area is 228 Å². The Hall–Kier alpha value is -5.06. The second-order valence-electron chi connectivity index (χ2n) is 9.93. The molecule has 1 amide bonds. The molecule has 0 radical (unpaired) electrons. The predicted molar refractivity (Wildman–Crippen MR) is 145 cm³/mol. The van der Waals surface area contributed by atoms with E-state index in [9.17, 15) is 4.79 Å². The smallest absolute Gasteiger partial charge is 0.273 e. The lowest BCUT2D eigenvalue weighted by Crippen LogP contribution is -2.24. The van der Waals surface area contributed by atoms with Gasteiger partial charge in [-0.2, -0.15) is 5.10 Å². The first-order valence-corrected chi connectivity index (χ1v) is 13.0. The van der Waals surface area contributed by atoms with Crippen LogP contribution in [0.25, 0.3) is 22.4 Å². The van der Waals surface area contributed by atoms with Crippen molar-refractivity contribution in [1.82, 2.24) is 39.3 Å². The first kappa shape index (κ1) is 24.0. The number of nitrogens with zero attached hydrogens (tertiary/aromatic N) is 7. The Balaban J connectivity index is 1.09. The largest absolute Gasteiger partial charge is 0.494 e. The number of aromatic nitrogens is 7. The molecule has 11 heteroatoms. The van der Waals surface area contributed by atoms with Gasteiger partial charge >= 0.3 is 0 Å². The van der Waals surface area contributed by atoms with Gasteiger partial charge in [-0.25, -0.2) is 18.6 Å². The molecule has 0 aliphatic heterocycles. The fraction of sp³-hybridized carbons (Fsp3) is 0.207. The number of carbonyl (C=O) groups is 1. The molecule has 1 aromatic carbocycles. The quantitative estimate of drug-likeness (QED) is 0.312. The van der Waals surface area contributed by atoms with Crippen LogP contribution < -0.4 is 10.1 Å². The monoisotopic (exact) mass is 536 g/mol. The van der Waals surface area contributed by atoms with Crippen molar-refractivity contribution in [1.29, 1.82) is 0 Å². The fourth-order valence-corrected chi connectivity index (χ4v) is 4.94. The number of ether oxygens (including phenoxy) is 1. The fourth-order valence-electron chi connectivity index (χ4n) is 4.94. The van der Waals surface area contributed by atoms with Gasteiger partial charge in [0.2, 0.25) is 0 Å². The van der Waals surface area contributed by atoms with Gasteiger partial charge in [-0.05, 0) is 60.7 Å². The number of halogens is 1. The van der Waals surface area contributed by atoms with Crippen molar-refractivity contribution < 1.29 is 13.9 Å². The van der Waals surface area contributed by atoms with Crippen LogP contribution in [0.2, 0.25) is 0 Å². The Morgan fingerprint density at radius 1 is 1.12 bits per heavy atom. The number of rotatable bonds is 8. The summed E-state index contributed by atoms with van der Waals surface area (Å²) < 4.78 is 25.9. The summed E-state index contributed by atoms with van der Waals surface area (Å²) in [7, 11) is 1.40. The third kappa shape index (κ3) is 4.45. The number of amides is 1. The molecular weight excluding hydrogens is 511 g/mol. The van der Waals surface area contributed by atoms with Crippen molar-refractivity contribution in [3.8, 4) is 17.0 Å². The molecule has 1 N–H and O–H groups in total. The van der Waals surface area contributed by atoms with Gasteiger partial charge in [-0.1, -0.05) is 17.3 Å². The van der Waals surface area contributed by atoms with Crippen LogP contribution in [0, 0.1) is 5.82 Å². The van der Waals surface area contributed by atoms with E-state index in [-0.39, 0.29) is 23.6 Å². The number of benzene rings is 1. The lowest BCUT2D eigenvalue weighted by atomic mass is 10.0. The van der Waals surface area contributed by atoms with E-state index in [0.29, 0.717) is 23.7 Å². The van der Waals surface area contributed by atoms with Crippen LogP contribution in [0.1, 0.15) is 46.1 Å². The second-order valence-corrected chi connectivity index (χ2v) is 9.93. The Bertz CT molecular complexity index is 1850. The zero-order chi connectivity index (χ0) is 27.2. The highest BCUT2D eigenvalue weighted by atomic mass is 19.1. The van der Waals surface area contributed by atoms with Crippen LogP contribution >= 0.6 is 0 Å². The Kier molecular flexibility index (Phi) is 5.76. The minimum atomic E-state index is -0.558. The molecule has 200 valence electrons. The molecule has 1 fully saturated rings. The first-order chi connectivity index (χ1) is 19.6. The third-order valence-corrected chi connectivity index (χ3v) is 7.17. The first-order valence-electron chi connectivity index (χ1n) is 13.0. The van der Waals surface area contributed by atoms with Crippen molar-refractivity contribution in [2.45, 2.75) is 31.8 Å². The van der Waals surface area contributed by atoms with Gasteiger partial charge in [0.05, 0.1) is 36.8 Å². The molecule has 0 unspecified atom stereocenters. The average molecular weight is 537 g/mol. The van der Waals surface area contributed by atoms with E-state index in [1.165, 1.54) is 25.5 Å². The number of pyridine rings is 2. The van der Waals surface area contributed by atoms with Crippen LogP contribution in [0.15, 0.2) is 73.3 Å². The minimum Gasteiger partial charge on any atom is -0.494 e. The summed E-state index contributed by atoms with van der Waals surface area (Å²) in [6.45, 7) is 0.275. The highest BCUT2D eigenvalue weighted by Gasteiger charge is 2.24. The van der Waals surface area contributed by atoms with Crippen LogP contribution in [0.4, 0.5) is 4.39 Å². The molecule has 1 aliphatic carbocycles. The molecule has 5 heterocycles. The van der Waals surface area contributed by atoms with Crippen LogP contribution in [0.5, 0.6) is 5.75 Å². The molecular formula is C29H25FN8O2. The van der Waals surface area contributed by atoms with Gasteiger partial charge in [0.25, 0.3) is 5.91 Å². The molecule has 1 aliphatic rings. The van der Waals surface area contributed by atoms with Crippen LogP contribution in [-0.2, 0) is 13.1 Å². The number of fused-ring (bicyclic) bond motifs is 2. The van der Waals surface area contributed by atoms with Gasteiger partial charge < -0.3 is 14.5 Å². The molecule has 40 heavy (non-hydrogen) atoms. The maximum Gasteiger partial charge on any atom is 0.273 e. The summed E-state index contributed by atoms with van der Waals surface area (Å²) in [5.41, 5.74) is 5.39. The van der Waals surface area contributed by atoms with E-state index >= 15 is 4.39 Å². The van der Waals surface area contributed by atoms with Crippen molar-refractivity contribution in [3.05, 3.63) is 102 Å². The van der Waals surface area contributed by atoms with E-state index in [1.807, 2.05) is 47.1 Å². The summed E-state index contributed by atoms with van der Waals surface area (Å²) in [5, 5.41) is 15.5. The zero-order valence-corrected chi connectivity index (χ0v) is 21.7. The predicted octanol–water partition coefficient (Wildman–Crippen LogP) is 4.24. The second kappa shape index (κ2) is 9.60. The summed E-state index contributed by atoms with van der Waals surface area (Å²) in [4.78, 5) is 17.6. The molecule has 0 bridgehead atoms. The molecule has 0 atom stereocenters. The van der Waals surface area contributed by atoms with Crippen LogP contribution in [0.3, 0.4) is 0 Å². The molecule has 1 saturated carbocycles. The highest BCUT2D eigenvalue weighted by molar-refractivity contribution is 5.92. The van der Waals surface area contributed by atoms with Gasteiger partial charge in [0, 0.05) is 36.3 Å². The van der Waals surface area contributed by atoms with E-state index in [1.54, 1.807) is 27.5 Å². The van der Waals surface area contributed by atoms with Crippen molar-refractivity contribution in [3.63, 3.8) is 0 Å². The average Bonchev–Trinajstić information content (AvgIpc) is 3.36. The number of hydrogen-bond acceptors (Lipinski definition) is 6. The number of nitrogens with one attached hydrogen (secondary N) is 1. The maximum atomic E-state index is 15.4. The molecule has 6 aromatic rings. The topological polar surface area (TPSA) is 104 Å². The molecule has 0 spiro atoms. The lowest BCUT2D eigenvalue weighted by Gasteiger charge is -2.12. The van der Waals surface area contributed by atoms with Crippen molar-refractivity contribution in [2.24, 2.45) is 0 Å². The summed E-state index contributed by atoms with van der Waals surface area (Å²) in [5.74, 6) is -0.289. The molecule has 10 nitrogen and oxygen atoms in total. The molecule has 7 rings (SSSR count). The van der Waals surface area contributed by atoms with Gasteiger partial charge in [-0.15, -0.1) is 5.10 Å². The molecule has 5 aromatic heterocycles. The Morgan fingerprint density at radius 3 is 2.85 bits per heavy atom. The van der Waals surface area contributed by atoms with Gasteiger partial charge in [0.1, 0.15) is 5.65 Å². The lowest BCUT2D eigenvalue weighted by molar-refractivity contribution is 0.0945. The van der Waals surface area contributed by atoms with Gasteiger partial charge in [-0.3, -0.25) is 4.79 Å². The van der Waals surface area contributed by atoms with Crippen LogP contribution in [-0.4, -0.2) is 47.0 Å². The summed E-state index contributed by atoms with van der Waals surface area (Å²) in [6.07, 6.45) is 9.95. The van der Waals surface area contributed by atoms with Crippen molar-refractivity contribution in [2.75, 3.05) is 7.11 Å². The minimum absolute atomic E-state index is 0.0828. The third-order valence-electron chi connectivity index (χ3n) is 7.17. The zero-order valence-electron chi connectivity index (χ0n) is 21.7. The SMILES string of the molecule is COc1ccc(-c2cc3ccccn3n2)c(CNC(=O)c2cn(Cc3cn4cc(C5CC5)ccc4n3)nn2)c1F.